The highest BCUT2D eigenvalue weighted by Crippen LogP contribution is 2.58. The molecular weight excluding hydrogens is 308 g/mol. The van der Waals surface area contributed by atoms with Gasteiger partial charge >= 0.3 is 5.91 Å². The van der Waals surface area contributed by atoms with Crippen molar-refractivity contribution in [2.24, 2.45) is 23.5 Å². The first-order valence-electron chi connectivity index (χ1n) is 10.0. The molecule has 25 heavy (non-hydrogen) atoms. The van der Waals surface area contributed by atoms with Crippen molar-refractivity contribution in [2.45, 2.75) is 64.0 Å². The molecule has 3 aliphatic heterocycles. The Morgan fingerprint density at radius 1 is 1.08 bits per heavy atom. The third kappa shape index (κ3) is 2.43. The van der Waals surface area contributed by atoms with Gasteiger partial charge < -0.3 is 5.73 Å². The lowest BCUT2D eigenvalue weighted by Crippen LogP contribution is -2.83. The molecule has 2 N–H and O–H groups in total. The number of aryl methyl sites for hydroxylation is 1. The van der Waals surface area contributed by atoms with E-state index in [2.05, 4.69) is 45.0 Å². The summed E-state index contributed by atoms with van der Waals surface area (Å²) in [5, 5.41) is 0. The van der Waals surface area contributed by atoms with Gasteiger partial charge in [-0.25, -0.2) is 4.79 Å². The van der Waals surface area contributed by atoms with E-state index in [-0.39, 0.29) is 11.1 Å². The molecule has 4 fully saturated rings. The summed E-state index contributed by atoms with van der Waals surface area (Å²) in [6.07, 6.45) is 5.09. The van der Waals surface area contributed by atoms with Crippen LogP contribution in [0.1, 0.15) is 52.0 Å². The molecule has 5 rings (SSSR count). The minimum absolute atomic E-state index is 0.0704. The van der Waals surface area contributed by atoms with E-state index in [0.717, 1.165) is 25.9 Å². The maximum absolute atomic E-state index is 13.4. The number of piperidine rings is 3. The number of nitrogens with zero attached hydrogens (tertiary/aromatic N) is 1. The molecule has 3 saturated heterocycles. The Labute approximate surface area is 152 Å². The molecule has 1 amide bonds. The lowest BCUT2D eigenvalue weighted by molar-refractivity contribution is -0.935. The number of benzene rings is 1. The van der Waals surface area contributed by atoms with E-state index in [1.807, 2.05) is 6.07 Å². The summed E-state index contributed by atoms with van der Waals surface area (Å²) >= 11 is 0. The van der Waals surface area contributed by atoms with Gasteiger partial charge in [0.2, 0.25) is 0 Å². The third-order valence-electron chi connectivity index (χ3n) is 8.24. The SMILES string of the molecule is CC1(N)C2CC3CC1C[N+](C(=O)CCCc1ccccc1)(C2)C3(C)C. The van der Waals surface area contributed by atoms with Gasteiger partial charge in [0, 0.05) is 23.3 Å². The fraction of sp³-hybridized carbons (Fsp3) is 0.682. The first-order valence-corrected chi connectivity index (χ1v) is 10.0. The first-order chi connectivity index (χ1) is 11.8. The topological polar surface area (TPSA) is 43.1 Å². The molecule has 1 aliphatic carbocycles. The fourth-order valence-corrected chi connectivity index (χ4v) is 6.22. The van der Waals surface area contributed by atoms with E-state index in [0.29, 0.717) is 34.6 Å². The summed E-state index contributed by atoms with van der Waals surface area (Å²) in [4.78, 5) is 13.4. The molecule has 3 heterocycles. The van der Waals surface area contributed by atoms with E-state index in [1.54, 1.807) is 0 Å². The average Bonchev–Trinajstić information content (AvgIpc) is 2.54. The van der Waals surface area contributed by atoms with Crippen molar-refractivity contribution in [2.75, 3.05) is 13.1 Å². The maximum atomic E-state index is 13.4. The minimum Gasteiger partial charge on any atom is -0.324 e. The fourth-order valence-electron chi connectivity index (χ4n) is 6.22. The highest BCUT2D eigenvalue weighted by molar-refractivity contribution is 5.70. The van der Waals surface area contributed by atoms with Crippen LogP contribution >= 0.6 is 0 Å². The molecule has 0 radical (unpaired) electrons. The van der Waals surface area contributed by atoms with Gasteiger partial charge in [0.15, 0.2) is 0 Å². The van der Waals surface area contributed by atoms with Crippen LogP contribution in [-0.2, 0) is 11.2 Å². The summed E-state index contributed by atoms with van der Waals surface area (Å²) in [6.45, 7) is 8.87. The summed E-state index contributed by atoms with van der Waals surface area (Å²) in [6, 6.07) is 10.5. The van der Waals surface area contributed by atoms with E-state index >= 15 is 0 Å². The predicted octanol–water partition coefficient (Wildman–Crippen LogP) is 3.52. The molecule has 0 spiro atoms. The molecule has 0 aromatic heterocycles. The number of hydrogen-bond donors (Lipinski definition) is 1. The van der Waals surface area contributed by atoms with Gasteiger partial charge in [-0.05, 0) is 52.0 Å². The minimum atomic E-state index is -0.0704. The van der Waals surface area contributed by atoms with Gasteiger partial charge in [-0.2, -0.15) is 0 Å². The van der Waals surface area contributed by atoms with Gasteiger partial charge in [-0.3, -0.25) is 4.48 Å². The molecule has 136 valence electrons. The van der Waals surface area contributed by atoms with Crippen molar-refractivity contribution in [3.8, 4) is 0 Å². The summed E-state index contributed by atoms with van der Waals surface area (Å²) in [7, 11) is 0. The Bertz CT molecular complexity index is 646. The number of carbonyl (C=O) groups excluding carboxylic acids is 1. The zero-order chi connectivity index (χ0) is 17.9. The van der Waals surface area contributed by atoms with Crippen molar-refractivity contribution in [3.63, 3.8) is 0 Å². The maximum Gasteiger partial charge on any atom is 0.314 e. The number of nitrogens with two attached hydrogens (primary N) is 1. The first kappa shape index (κ1) is 17.2. The summed E-state index contributed by atoms with van der Waals surface area (Å²) < 4.78 is 0.703. The highest BCUT2D eigenvalue weighted by atomic mass is 16.2. The summed E-state index contributed by atoms with van der Waals surface area (Å²) in [5.41, 5.74) is 8.05. The monoisotopic (exact) mass is 341 g/mol. The van der Waals surface area contributed by atoms with E-state index < -0.39 is 0 Å². The molecular formula is C22H33N2O+. The van der Waals surface area contributed by atoms with Crippen LogP contribution < -0.4 is 5.73 Å². The van der Waals surface area contributed by atoms with Crippen molar-refractivity contribution in [1.82, 2.24) is 0 Å². The second-order valence-corrected chi connectivity index (χ2v) is 9.65. The van der Waals surface area contributed by atoms with Crippen molar-refractivity contribution in [3.05, 3.63) is 35.9 Å². The standard InChI is InChI=1S/C22H33N2O/c1-21(2)17-12-18-14-24(21,15-19(13-17)22(18,3)23)20(25)11-7-10-16-8-5-4-6-9-16/h4-6,8-9,17-19H,7,10-15,23H2,1-3H3/q+1. The Kier molecular flexibility index (Phi) is 3.90. The number of carbonyl (C=O) groups is 1. The molecule has 1 aromatic carbocycles. The van der Waals surface area contributed by atoms with Gasteiger partial charge in [-0.15, -0.1) is 0 Å². The van der Waals surface area contributed by atoms with Crippen LogP contribution in [0.25, 0.3) is 0 Å². The van der Waals surface area contributed by atoms with Gasteiger partial charge in [0.1, 0.15) is 5.54 Å². The van der Waals surface area contributed by atoms with Gasteiger partial charge in [0.25, 0.3) is 0 Å². The molecule has 2 unspecified atom stereocenters. The zero-order valence-electron chi connectivity index (χ0n) is 16.0. The summed E-state index contributed by atoms with van der Waals surface area (Å²) in [5.74, 6) is 2.14. The molecule has 4 bridgehead atoms. The average molecular weight is 342 g/mol. The van der Waals surface area contributed by atoms with E-state index in [4.69, 9.17) is 5.73 Å². The number of hydrogen-bond acceptors (Lipinski definition) is 2. The van der Waals surface area contributed by atoms with Gasteiger partial charge in [-0.1, -0.05) is 30.3 Å². The van der Waals surface area contributed by atoms with Crippen LogP contribution in [0.4, 0.5) is 0 Å². The van der Waals surface area contributed by atoms with Crippen molar-refractivity contribution in [1.29, 1.82) is 0 Å². The molecule has 4 aliphatic rings. The number of amides is 1. The van der Waals surface area contributed by atoms with Crippen LogP contribution in [0.5, 0.6) is 0 Å². The van der Waals surface area contributed by atoms with Crippen LogP contribution in [0, 0.1) is 17.8 Å². The largest absolute Gasteiger partial charge is 0.324 e. The second-order valence-electron chi connectivity index (χ2n) is 9.65. The lowest BCUT2D eigenvalue weighted by Gasteiger charge is -2.69. The molecule has 3 nitrogen and oxygen atoms in total. The third-order valence-corrected chi connectivity index (χ3v) is 8.24. The Morgan fingerprint density at radius 2 is 1.68 bits per heavy atom. The van der Waals surface area contributed by atoms with Crippen LogP contribution in [0.2, 0.25) is 0 Å². The molecule has 1 saturated carbocycles. The number of quaternary nitrogens is 1. The lowest BCUT2D eigenvalue weighted by atomic mass is 9.52. The highest BCUT2D eigenvalue weighted by Gasteiger charge is 2.69. The van der Waals surface area contributed by atoms with Crippen LogP contribution in [-0.4, -0.2) is 34.6 Å². The van der Waals surface area contributed by atoms with E-state index in [1.165, 1.54) is 18.4 Å². The smallest absolute Gasteiger partial charge is 0.314 e. The Balaban J connectivity index is 1.51. The van der Waals surface area contributed by atoms with Gasteiger partial charge in [0.05, 0.1) is 19.5 Å². The van der Waals surface area contributed by atoms with Crippen LogP contribution in [0.3, 0.4) is 0 Å². The molecule has 1 aromatic rings. The molecule has 3 heteroatoms. The normalized spacial score (nSPS) is 41.0. The van der Waals surface area contributed by atoms with Crippen molar-refractivity contribution >= 4 is 5.91 Å². The number of rotatable bonds is 4. The predicted molar refractivity (Wildman–Crippen MR) is 101 cm³/mol. The Morgan fingerprint density at radius 3 is 2.28 bits per heavy atom. The van der Waals surface area contributed by atoms with Crippen LogP contribution in [0.15, 0.2) is 30.3 Å². The Hall–Kier alpha value is -1.19. The molecule has 2 atom stereocenters. The van der Waals surface area contributed by atoms with E-state index in [9.17, 15) is 4.79 Å². The van der Waals surface area contributed by atoms with Crippen molar-refractivity contribution < 1.29 is 9.28 Å². The second kappa shape index (κ2) is 5.65. The quantitative estimate of drug-likeness (QED) is 0.852. The zero-order valence-corrected chi connectivity index (χ0v) is 16.0.